The van der Waals surface area contributed by atoms with Crippen molar-refractivity contribution in [2.24, 2.45) is 0 Å². The molecule has 6 heteroatoms. The number of carbonyl (C=O) groups is 2. The second kappa shape index (κ2) is 5.95. The Hall–Kier alpha value is -1.72. The number of hydrogen-bond donors (Lipinski definition) is 1. The van der Waals surface area contributed by atoms with Crippen molar-refractivity contribution in [3.05, 3.63) is 46.5 Å². The Bertz CT molecular complexity index is 625. The first-order chi connectivity index (χ1) is 9.10. The lowest BCUT2D eigenvalue weighted by molar-refractivity contribution is 0.100. The number of rotatable bonds is 4. The lowest BCUT2D eigenvalue weighted by Crippen LogP contribution is -2.12. The first-order valence-corrected chi connectivity index (χ1v) is 6.94. The van der Waals surface area contributed by atoms with Crippen molar-refractivity contribution in [1.29, 1.82) is 0 Å². The van der Waals surface area contributed by atoms with Gasteiger partial charge in [-0.3, -0.25) is 14.9 Å². The molecule has 0 saturated heterocycles. The quantitative estimate of drug-likeness (QED) is 0.695. The van der Waals surface area contributed by atoms with E-state index in [1.165, 1.54) is 18.3 Å². The van der Waals surface area contributed by atoms with Gasteiger partial charge in [-0.2, -0.15) is 0 Å². The molecule has 2 rings (SSSR count). The van der Waals surface area contributed by atoms with Crippen LogP contribution < -0.4 is 5.32 Å². The zero-order valence-corrected chi connectivity index (χ0v) is 11.7. The van der Waals surface area contributed by atoms with Crippen molar-refractivity contribution in [2.45, 2.75) is 12.8 Å². The van der Waals surface area contributed by atoms with E-state index < -0.39 is 0 Å². The normalized spacial score (nSPS) is 10.2. The van der Waals surface area contributed by atoms with Gasteiger partial charge in [-0.05, 0) is 17.7 Å². The molecule has 0 bridgehead atoms. The molecule has 0 saturated carbocycles. The van der Waals surface area contributed by atoms with E-state index in [2.05, 4.69) is 10.3 Å². The number of Topliss-reactive ketones (excluding diaryl/α,β-unsaturated/α-hetero) is 1. The maximum absolute atomic E-state index is 12.0. The Morgan fingerprint density at radius 2 is 2.21 bits per heavy atom. The highest BCUT2D eigenvalue weighted by atomic mass is 35.5. The number of anilines is 1. The molecule has 0 fully saturated rings. The molecule has 1 aromatic carbocycles. The molecule has 0 radical (unpaired) electrons. The Morgan fingerprint density at radius 1 is 1.42 bits per heavy atom. The zero-order chi connectivity index (χ0) is 13.8. The lowest BCUT2D eigenvalue weighted by Gasteiger charge is -2.03. The average molecular weight is 295 g/mol. The van der Waals surface area contributed by atoms with Crippen LogP contribution in [-0.4, -0.2) is 16.7 Å². The van der Waals surface area contributed by atoms with Gasteiger partial charge in [0, 0.05) is 23.7 Å². The van der Waals surface area contributed by atoms with Crippen LogP contribution in [0.25, 0.3) is 0 Å². The predicted molar refractivity (Wildman–Crippen MR) is 76.1 cm³/mol. The average Bonchev–Trinajstić information content (AvgIpc) is 2.87. The number of nitrogens with one attached hydrogen (secondary N) is 1. The van der Waals surface area contributed by atoms with Gasteiger partial charge in [0.2, 0.25) is 0 Å². The van der Waals surface area contributed by atoms with Gasteiger partial charge in [0.1, 0.15) is 5.69 Å². The molecule has 1 aromatic heterocycles. The Labute approximate surface area is 119 Å². The fraction of sp³-hybridized carbons (Fsp3) is 0.154. The zero-order valence-electron chi connectivity index (χ0n) is 10.1. The molecule has 0 atom stereocenters. The fourth-order valence-corrected chi connectivity index (χ4v) is 2.37. The van der Waals surface area contributed by atoms with Crippen LogP contribution in [0.1, 0.15) is 33.3 Å². The largest absolute Gasteiger partial charge is 0.298 e. The van der Waals surface area contributed by atoms with E-state index in [1.54, 1.807) is 23.6 Å². The highest BCUT2D eigenvalue weighted by molar-refractivity contribution is 7.14. The summed E-state index contributed by atoms with van der Waals surface area (Å²) in [5.74, 6) is -0.0374. The van der Waals surface area contributed by atoms with Crippen molar-refractivity contribution in [2.75, 3.05) is 5.32 Å². The third-order valence-electron chi connectivity index (χ3n) is 2.43. The van der Waals surface area contributed by atoms with Crippen LogP contribution in [0, 0.1) is 0 Å². The van der Waals surface area contributed by atoms with Gasteiger partial charge in [0.25, 0.3) is 5.91 Å². The maximum Gasteiger partial charge on any atom is 0.257 e. The molecule has 1 N–H and O–H groups in total. The van der Waals surface area contributed by atoms with Gasteiger partial charge in [-0.15, -0.1) is 22.9 Å². The van der Waals surface area contributed by atoms with E-state index in [0.717, 1.165) is 5.56 Å². The molecule has 0 aliphatic heterocycles. The number of ketones is 1. The number of carbonyl (C=O) groups excluding carboxylic acids is 2. The van der Waals surface area contributed by atoms with E-state index in [1.807, 2.05) is 6.07 Å². The highest BCUT2D eigenvalue weighted by Crippen LogP contribution is 2.17. The summed E-state index contributed by atoms with van der Waals surface area (Å²) >= 11 is 6.94. The Balaban J connectivity index is 2.13. The van der Waals surface area contributed by atoms with Crippen LogP contribution in [0.15, 0.2) is 29.6 Å². The minimum absolute atomic E-state index is 0.124. The molecular formula is C13H11ClN2O2S. The predicted octanol–water partition coefficient (Wildman–Crippen LogP) is 3.34. The summed E-state index contributed by atoms with van der Waals surface area (Å²) in [7, 11) is 0. The Kier molecular flexibility index (Phi) is 4.29. The van der Waals surface area contributed by atoms with Crippen LogP contribution in [0.3, 0.4) is 0 Å². The summed E-state index contributed by atoms with van der Waals surface area (Å²) in [6.07, 6.45) is 0. The number of nitrogens with zero attached hydrogens (tertiary/aromatic N) is 1. The molecule has 19 heavy (non-hydrogen) atoms. The van der Waals surface area contributed by atoms with E-state index in [-0.39, 0.29) is 11.7 Å². The molecule has 1 amide bonds. The second-order valence-electron chi connectivity index (χ2n) is 3.88. The van der Waals surface area contributed by atoms with Gasteiger partial charge in [-0.25, -0.2) is 4.98 Å². The van der Waals surface area contributed by atoms with Gasteiger partial charge < -0.3 is 0 Å². The number of amides is 1. The number of halogens is 1. The summed E-state index contributed by atoms with van der Waals surface area (Å²) in [4.78, 5) is 27.1. The smallest absolute Gasteiger partial charge is 0.257 e. The standard InChI is InChI=1S/C13H11ClN2O2S/c1-8(17)11-7-19-13(15-11)16-12(18)10-4-2-3-9(5-10)6-14/h2-5,7H,6H2,1H3,(H,15,16,18). The fourth-order valence-electron chi connectivity index (χ4n) is 1.46. The molecule has 0 aliphatic carbocycles. The van der Waals surface area contributed by atoms with Crippen molar-refractivity contribution in [3.63, 3.8) is 0 Å². The van der Waals surface area contributed by atoms with Crippen LogP contribution in [0.2, 0.25) is 0 Å². The first-order valence-electron chi connectivity index (χ1n) is 5.53. The third-order valence-corrected chi connectivity index (χ3v) is 3.50. The molecule has 98 valence electrons. The van der Waals surface area contributed by atoms with Crippen molar-refractivity contribution in [1.82, 2.24) is 4.98 Å². The van der Waals surface area contributed by atoms with Gasteiger partial charge in [-0.1, -0.05) is 12.1 Å². The SMILES string of the molecule is CC(=O)c1csc(NC(=O)c2cccc(CCl)c2)n1. The molecule has 2 aromatic rings. The van der Waals surface area contributed by atoms with E-state index >= 15 is 0 Å². The monoisotopic (exact) mass is 294 g/mol. The number of thiazole rings is 1. The molecule has 0 aliphatic rings. The summed E-state index contributed by atoms with van der Waals surface area (Å²) in [6, 6.07) is 7.04. The molecule has 1 heterocycles. The topological polar surface area (TPSA) is 59.1 Å². The summed E-state index contributed by atoms with van der Waals surface area (Å²) < 4.78 is 0. The van der Waals surface area contributed by atoms with Crippen LogP contribution in [-0.2, 0) is 5.88 Å². The number of aromatic nitrogens is 1. The molecular weight excluding hydrogens is 284 g/mol. The number of hydrogen-bond acceptors (Lipinski definition) is 4. The van der Waals surface area contributed by atoms with Gasteiger partial charge in [0.15, 0.2) is 10.9 Å². The van der Waals surface area contributed by atoms with Crippen LogP contribution in [0.5, 0.6) is 0 Å². The van der Waals surface area contributed by atoms with Gasteiger partial charge >= 0.3 is 0 Å². The minimum Gasteiger partial charge on any atom is -0.298 e. The van der Waals surface area contributed by atoms with Crippen molar-refractivity contribution in [3.8, 4) is 0 Å². The van der Waals surface area contributed by atoms with E-state index in [4.69, 9.17) is 11.6 Å². The maximum atomic E-state index is 12.0. The van der Waals surface area contributed by atoms with Crippen LogP contribution >= 0.6 is 22.9 Å². The van der Waals surface area contributed by atoms with Gasteiger partial charge in [0.05, 0.1) is 0 Å². The second-order valence-corrected chi connectivity index (χ2v) is 5.01. The Morgan fingerprint density at radius 3 is 2.84 bits per heavy atom. The van der Waals surface area contributed by atoms with E-state index in [0.29, 0.717) is 22.3 Å². The minimum atomic E-state index is -0.267. The van der Waals surface area contributed by atoms with Crippen molar-refractivity contribution >= 4 is 39.8 Å². The highest BCUT2D eigenvalue weighted by Gasteiger charge is 2.11. The summed E-state index contributed by atoms with van der Waals surface area (Å²) in [5.41, 5.74) is 1.74. The number of alkyl halides is 1. The first kappa shape index (κ1) is 13.7. The molecule has 4 nitrogen and oxygen atoms in total. The number of benzene rings is 1. The molecule has 0 spiro atoms. The summed E-state index contributed by atoms with van der Waals surface area (Å²) in [5, 5.41) is 4.68. The third kappa shape index (κ3) is 3.39. The van der Waals surface area contributed by atoms with E-state index in [9.17, 15) is 9.59 Å². The molecule has 0 unspecified atom stereocenters. The summed E-state index contributed by atoms with van der Waals surface area (Å²) in [6.45, 7) is 1.44. The van der Waals surface area contributed by atoms with Crippen LogP contribution in [0.4, 0.5) is 5.13 Å². The van der Waals surface area contributed by atoms with Crippen molar-refractivity contribution < 1.29 is 9.59 Å². The lowest BCUT2D eigenvalue weighted by atomic mass is 10.1.